The number of anilines is 2. The molecule has 1 aromatic heterocycles. The first kappa shape index (κ1) is 12.2. The molecule has 0 radical (unpaired) electrons. The zero-order valence-corrected chi connectivity index (χ0v) is 11.0. The minimum absolute atomic E-state index is 0.137. The van der Waals surface area contributed by atoms with E-state index < -0.39 is 9.84 Å². The molecule has 3 N–H and O–H groups in total. The third-order valence-electron chi connectivity index (χ3n) is 3.35. The smallest absolute Gasteiger partial charge is 0.160 e. The van der Waals surface area contributed by atoms with Gasteiger partial charge < -0.3 is 11.1 Å². The molecule has 0 aliphatic carbocycles. The number of aromatic nitrogens is 2. The lowest BCUT2D eigenvalue weighted by Crippen LogP contribution is -2.15. The monoisotopic (exact) mass is 282 g/mol. The first-order chi connectivity index (χ1) is 9.05. The van der Waals surface area contributed by atoms with E-state index in [4.69, 9.17) is 5.73 Å². The molecule has 2 aromatic rings. The van der Waals surface area contributed by atoms with Crippen LogP contribution < -0.4 is 11.1 Å². The Balaban J connectivity index is 1.76. The Kier molecular flexibility index (Phi) is 2.81. The molecule has 0 spiro atoms. The van der Waals surface area contributed by atoms with Gasteiger partial charge in [-0.2, -0.15) is 0 Å². The highest BCUT2D eigenvalue weighted by molar-refractivity contribution is 7.91. The van der Waals surface area contributed by atoms with Crippen molar-refractivity contribution in [1.29, 1.82) is 0 Å². The van der Waals surface area contributed by atoms with E-state index in [0.29, 0.717) is 29.7 Å². The Hall–Kier alpha value is -1.83. The van der Waals surface area contributed by atoms with Crippen molar-refractivity contribution in [2.75, 3.05) is 29.1 Å². The third kappa shape index (κ3) is 2.35. The van der Waals surface area contributed by atoms with Crippen LogP contribution in [0.2, 0.25) is 0 Å². The average molecular weight is 282 g/mol. The number of hydrogen-bond acceptors (Lipinski definition) is 7. The number of sulfone groups is 1. The van der Waals surface area contributed by atoms with Gasteiger partial charge in [-0.05, 0) is 34.8 Å². The van der Waals surface area contributed by atoms with Gasteiger partial charge in [-0.25, -0.2) is 13.0 Å². The van der Waals surface area contributed by atoms with Gasteiger partial charge in [0.05, 0.1) is 22.9 Å². The molecule has 1 fully saturated rings. The predicted molar refractivity (Wildman–Crippen MR) is 71.5 cm³/mol. The highest BCUT2D eigenvalue weighted by Crippen LogP contribution is 2.26. The minimum atomic E-state index is -2.84. The summed E-state index contributed by atoms with van der Waals surface area (Å²) in [5, 5.41) is 10.7. The topological polar surface area (TPSA) is 111 Å². The van der Waals surface area contributed by atoms with Crippen LogP contribution in [0.5, 0.6) is 0 Å². The van der Waals surface area contributed by atoms with Crippen LogP contribution in [0, 0.1) is 5.92 Å². The Morgan fingerprint density at radius 2 is 2.16 bits per heavy atom. The van der Waals surface area contributed by atoms with Crippen molar-refractivity contribution < 1.29 is 13.0 Å². The molecule has 1 aliphatic heterocycles. The maximum absolute atomic E-state index is 11.4. The van der Waals surface area contributed by atoms with Crippen LogP contribution in [-0.4, -0.2) is 36.8 Å². The quantitative estimate of drug-likeness (QED) is 0.795. The summed E-state index contributed by atoms with van der Waals surface area (Å²) >= 11 is 0. The van der Waals surface area contributed by atoms with Gasteiger partial charge in [-0.3, -0.25) is 0 Å². The second kappa shape index (κ2) is 4.37. The van der Waals surface area contributed by atoms with Gasteiger partial charge in [-0.15, -0.1) is 0 Å². The highest BCUT2D eigenvalue weighted by Gasteiger charge is 2.27. The molecule has 2 heterocycles. The van der Waals surface area contributed by atoms with Crippen LogP contribution in [0.1, 0.15) is 6.42 Å². The zero-order chi connectivity index (χ0) is 13.5. The van der Waals surface area contributed by atoms with Crippen molar-refractivity contribution >= 4 is 32.2 Å². The SMILES string of the molecule is Nc1ccc(NCC2CCS(=O)(=O)C2)c2nonc12. The fourth-order valence-electron chi connectivity index (χ4n) is 2.32. The Bertz CT molecular complexity index is 710. The molecular formula is C11H14N4O3S. The van der Waals surface area contributed by atoms with E-state index in [1.807, 2.05) is 0 Å². The van der Waals surface area contributed by atoms with Crippen molar-refractivity contribution in [3.63, 3.8) is 0 Å². The van der Waals surface area contributed by atoms with Crippen LogP contribution in [-0.2, 0) is 9.84 Å². The maximum Gasteiger partial charge on any atom is 0.160 e. The Morgan fingerprint density at radius 3 is 2.89 bits per heavy atom. The lowest BCUT2D eigenvalue weighted by molar-refractivity contribution is 0.315. The number of nitrogens with zero attached hydrogens (tertiary/aromatic N) is 2. The van der Waals surface area contributed by atoms with Crippen LogP contribution in [0.3, 0.4) is 0 Å². The van der Waals surface area contributed by atoms with Crippen LogP contribution >= 0.6 is 0 Å². The van der Waals surface area contributed by atoms with E-state index in [1.165, 1.54) is 0 Å². The number of benzene rings is 1. The molecule has 102 valence electrons. The molecule has 1 saturated heterocycles. The van der Waals surface area contributed by atoms with Gasteiger partial charge in [0.15, 0.2) is 20.9 Å². The minimum Gasteiger partial charge on any atom is -0.397 e. The summed E-state index contributed by atoms with van der Waals surface area (Å²) in [5.74, 6) is 0.662. The number of nitrogens with one attached hydrogen (secondary N) is 1. The van der Waals surface area contributed by atoms with Gasteiger partial charge in [-0.1, -0.05) is 0 Å². The molecule has 7 nitrogen and oxygen atoms in total. The number of rotatable bonds is 3. The van der Waals surface area contributed by atoms with E-state index in [-0.39, 0.29) is 17.4 Å². The zero-order valence-electron chi connectivity index (χ0n) is 10.2. The van der Waals surface area contributed by atoms with Crippen molar-refractivity contribution in [2.24, 2.45) is 5.92 Å². The van der Waals surface area contributed by atoms with Crippen molar-refractivity contribution in [2.45, 2.75) is 6.42 Å². The van der Waals surface area contributed by atoms with Gasteiger partial charge in [0.1, 0.15) is 0 Å². The lowest BCUT2D eigenvalue weighted by Gasteiger charge is -2.11. The molecular weight excluding hydrogens is 268 g/mol. The Labute approximate surface area is 110 Å². The third-order valence-corrected chi connectivity index (χ3v) is 5.19. The van der Waals surface area contributed by atoms with Crippen LogP contribution in [0.4, 0.5) is 11.4 Å². The number of nitrogen functional groups attached to an aromatic ring is 1. The van der Waals surface area contributed by atoms with E-state index in [2.05, 4.69) is 20.3 Å². The molecule has 1 atom stereocenters. The molecule has 8 heteroatoms. The molecule has 0 bridgehead atoms. The molecule has 3 rings (SSSR count). The number of hydrogen-bond donors (Lipinski definition) is 2. The Morgan fingerprint density at radius 1 is 1.37 bits per heavy atom. The molecule has 19 heavy (non-hydrogen) atoms. The highest BCUT2D eigenvalue weighted by atomic mass is 32.2. The number of nitrogens with two attached hydrogens (primary N) is 1. The summed E-state index contributed by atoms with van der Waals surface area (Å²) in [6, 6.07) is 3.52. The lowest BCUT2D eigenvalue weighted by atomic mass is 10.1. The summed E-state index contributed by atoms with van der Waals surface area (Å²) in [6.45, 7) is 0.588. The fourth-order valence-corrected chi connectivity index (χ4v) is 4.18. The fraction of sp³-hybridized carbons (Fsp3) is 0.455. The van der Waals surface area contributed by atoms with Crippen LogP contribution in [0.25, 0.3) is 11.0 Å². The van der Waals surface area contributed by atoms with Crippen LogP contribution in [0.15, 0.2) is 16.8 Å². The molecule has 0 amide bonds. The van der Waals surface area contributed by atoms with E-state index in [9.17, 15) is 8.42 Å². The standard InChI is InChI=1S/C11H14N4O3S/c12-8-1-2-9(11-10(8)14-18-15-11)13-5-7-3-4-19(16,17)6-7/h1-2,7,13H,3-6,12H2. The first-order valence-corrected chi connectivity index (χ1v) is 7.82. The summed E-state index contributed by atoms with van der Waals surface area (Å²) in [7, 11) is -2.84. The largest absolute Gasteiger partial charge is 0.397 e. The predicted octanol–water partition coefficient (Wildman–Crippen LogP) is 0.652. The van der Waals surface area contributed by atoms with Crippen molar-refractivity contribution in [3.05, 3.63) is 12.1 Å². The first-order valence-electron chi connectivity index (χ1n) is 6.00. The normalized spacial score (nSPS) is 21.8. The van der Waals surface area contributed by atoms with Crippen molar-refractivity contribution in [1.82, 2.24) is 10.3 Å². The second-order valence-corrected chi connectivity index (χ2v) is 7.04. The summed E-state index contributed by atoms with van der Waals surface area (Å²) < 4.78 is 27.4. The molecule has 0 saturated carbocycles. The summed E-state index contributed by atoms with van der Waals surface area (Å²) in [4.78, 5) is 0. The molecule has 1 unspecified atom stereocenters. The number of fused-ring (bicyclic) bond motifs is 1. The van der Waals surface area contributed by atoms with E-state index >= 15 is 0 Å². The van der Waals surface area contributed by atoms with Gasteiger partial charge in [0, 0.05) is 6.54 Å². The maximum atomic E-state index is 11.4. The average Bonchev–Trinajstić information content (AvgIpc) is 2.96. The van der Waals surface area contributed by atoms with Crippen molar-refractivity contribution in [3.8, 4) is 0 Å². The van der Waals surface area contributed by atoms with E-state index in [1.54, 1.807) is 12.1 Å². The summed E-state index contributed by atoms with van der Waals surface area (Å²) in [6.07, 6.45) is 0.699. The molecule has 1 aromatic carbocycles. The molecule has 1 aliphatic rings. The van der Waals surface area contributed by atoms with Gasteiger partial charge >= 0.3 is 0 Å². The summed E-state index contributed by atoms with van der Waals surface area (Å²) in [5.41, 5.74) is 8.11. The van der Waals surface area contributed by atoms with Gasteiger partial charge in [0.25, 0.3) is 0 Å². The second-order valence-electron chi connectivity index (χ2n) is 4.81. The van der Waals surface area contributed by atoms with Gasteiger partial charge in [0.2, 0.25) is 0 Å². The van der Waals surface area contributed by atoms with E-state index in [0.717, 1.165) is 5.69 Å².